The minimum atomic E-state index is -1.37. The smallest absolute Gasteiger partial charge is 0.306 e. The summed E-state index contributed by atoms with van der Waals surface area (Å²) in [5.41, 5.74) is -1.50. The molecule has 0 bridgehead atoms. The first-order valence-corrected chi connectivity index (χ1v) is 13.8. The fraction of sp³-hybridized carbons (Fsp3) is 0.724. The van der Waals surface area contributed by atoms with E-state index < -0.39 is 59.3 Å². The maximum Gasteiger partial charge on any atom is 0.306 e. The van der Waals surface area contributed by atoms with Crippen molar-refractivity contribution in [3.05, 3.63) is 23.8 Å². The maximum absolute atomic E-state index is 14.0. The van der Waals surface area contributed by atoms with Gasteiger partial charge in [0.15, 0.2) is 24.3 Å². The van der Waals surface area contributed by atoms with Gasteiger partial charge < -0.3 is 24.4 Å². The van der Waals surface area contributed by atoms with Crippen molar-refractivity contribution in [1.29, 1.82) is 0 Å². The number of carboxylic acid groups (broad SMARTS) is 1. The van der Waals surface area contributed by atoms with Gasteiger partial charge in [-0.2, -0.15) is 0 Å². The van der Waals surface area contributed by atoms with Crippen molar-refractivity contribution in [2.24, 2.45) is 28.6 Å². The lowest BCUT2D eigenvalue weighted by Crippen LogP contribution is -2.63. The second-order valence-electron chi connectivity index (χ2n) is 12.1. The van der Waals surface area contributed by atoms with Gasteiger partial charge in [-0.05, 0) is 56.1 Å². The number of hydrogen-bond acceptors (Lipinski definition) is 8. The van der Waals surface area contributed by atoms with Gasteiger partial charge in [-0.3, -0.25) is 19.2 Å². The zero-order chi connectivity index (χ0) is 27.5. The minimum Gasteiger partial charge on any atom is -0.481 e. The number of carboxylic acids is 1. The lowest BCUT2D eigenvalue weighted by Gasteiger charge is -2.59. The predicted octanol–water partition coefficient (Wildman–Crippen LogP) is 3.13. The Bertz CT molecular complexity index is 1090. The minimum absolute atomic E-state index is 0.0207. The van der Waals surface area contributed by atoms with Crippen molar-refractivity contribution in [2.45, 2.75) is 96.2 Å². The van der Waals surface area contributed by atoms with E-state index in [0.29, 0.717) is 19.3 Å². The van der Waals surface area contributed by atoms with Gasteiger partial charge in [0.25, 0.3) is 0 Å². The average Bonchev–Trinajstić information content (AvgIpc) is 3.33. The van der Waals surface area contributed by atoms with Crippen LogP contribution in [0.3, 0.4) is 0 Å². The second kappa shape index (κ2) is 9.68. The van der Waals surface area contributed by atoms with E-state index in [4.69, 9.17) is 19.3 Å². The Kier molecular flexibility index (Phi) is 6.93. The third-order valence-corrected chi connectivity index (χ3v) is 10.1. The van der Waals surface area contributed by atoms with Crippen LogP contribution in [0.15, 0.2) is 23.8 Å². The third-order valence-electron chi connectivity index (χ3n) is 10.1. The first kappa shape index (κ1) is 27.2. The van der Waals surface area contributed by atoms with Crippen LogP contribution in [-0.4, -0.2) is 64.4 Å². The summed E-state index contributed by atoms with van der Waals surface area (Å²) in [6.07, 6.45) is 6.63. The zero-order valence-corrected chi connectivity index (χ0v) is 22.3. The van der Waals surface area contributed by atoms with E-state index in [1.165, 1.54) is 0 Å². The van der Waals surface area contributed by atoms with E-state index in [-0.39, 0.29) is 36.4 Å². The second-order valence-corrected chi connectivity index (χ2v) is 12.1. The molecule has 0 aromatic rings. The Hall–Kier alpha value is -2.36. The van der Waals surface area contributed by atoms with E-state index >= 15 is 0 Å². The number of esters is 1. The number of ketones is 2. The summed E-state index contributed by atoms with van der Waals surface area (Å²) in [6.45, 7) is 5.59. The molecule has 0 amide bonds. The molecule has 2 unspecified atom stereocenters. The van der Waals surface area contributed by atoms with Crippen LogP contribution >= 0.6 is 0 Å². The van der Waals surface area contributed by atoms with E-state index in [0.717, 1.165) is 24.8 Å². The predicted molar refractivity (Wildman–Crippen MR) is 134 cm³/mol. The van der Waals surface area contributed by atoms with Crippen molar-refractivity contribution in [3.8, 4) is 0 Å². The Morgan fingerprint density at radius 3 is 2.68 bits per heavy atom. The zero-order valence-electron chi connectivity index (χ0n) is 22.3. The highest BCUT2D eigenvalue weighted by Gasteiger charge is 2.75. The summed E-state index contributed by atoms with van der Waals surface area (Å²) in [5, 5.41) is 20.6. The van der Waals surface area contributed by atoms with Crippen LogP contribution < -0.4 is 0 Å². The van der Waals surface area contributed by atoms with Crippen molar-refractivity contribution in [2.75, 3.05) is 6.61 Å². The molecule has 4 aliphatic carbocycles. The first-order valence-electron chi connectivity index (χ1n) is 13.8. The standard InChI is InChI=1S/C29H38O9/c1-4-5-25-37-22-13-19-18-7-6-16-12-17(30)10-11-27(16,2)26(18)20(31)14-28(19,3)29(22,38-25)21(32)15-36-24(35)9-8-23(33)34/h10-12,18-20,22,25-26,31H,4-9,13-15H2,1-3H3,(H,33,34)/t18-,19-,20-,22?,25?,26+,27-,28-,29+/m0/s1. The van der Waals surface area contributed by atoms with Crippen LogP contribution in [0.2, 0.25) is 0 Å². The first-order chi connectivity index (χ1) is 18.0. The molecular weight excluding hydrogens is 492 g/mol. The third kappa shape index (κ3) is 4.00. The molecule has 1 heterocycles. The van der Waals surface area contributed by atoms with E-state index in [1.807, 2.05) is 19.9 Å². The highest BCUT2D eigenvalue weighted by Crippen LogP contribution is 2.69. The molecule has 0 spiro atoms. The van der Waals surface area contributed by atoms with Gasteiger partial charge >= 0.3 is 11.9 Å². The van der Waals surface area contributed by atoms with Gasteiger partial charge in [0.1, 0.15) is 0 Å². The molecule has 4 fully saturated rings. The fourth-order valence-electron chi connectivity index (χ4n) is 8.54. The number of ether oxygens (including phenoxy) is 3. The van der Waals surface area contributed by atoms with E-state index in [9.17, 15) is 24.3 Å². The highest BCUT2D eigenvalue weighted by atomic mass is 16.7. The van der Waals surface area contributed by atoms with Crippen molar-refractivity contribution >= 4 is 23.5 Å². The largest absolute Gasteiger partial charge is 0.481 e. The Morgan fingerprint density at radius 1 is 1.21 bits per heavy atom. The molecule has 5 aliphatic rings. The number of fused-ring (bicyclic) bond motifs is 7. The molecule has 9 nitrogen and oxygen atoms in total. The van der Waals surface area contributed by atoms with Crippen molar-refractivity contribution in [1.82, 2.24) is 0 Å². The average molecular weight is 531 g/mol. The quantitative estimate of drug-likeness (QED) is 0.454. The molecule has 1 saturated heterocycles. The molecule has 1 aliphatic heterocycles. The number of rotatable bonds is 8. The number of aliphatic hydroxyl groups is 1. The number of carbonyl (C=O) groups is 4. The summed E-state index contributed by atoms with van der Waals surface area (Å²) in [4.78, 5) is 49.0. The molecule has 208 valence electrons. The van der Waals surface area contributed by atoms with Crippen LogP contribution in [0.5, 0.6) is 0 Å². The molecule has 9 atom stereocenters. The van der Waals surface area contributed by atoms with Crippen molar-refractivity contribution in [3.63, 3.8) is 0 Å². The molecule has 2 N–H and O–H groups in total. The van der Waals surface area contributed by atoms with Crippen LogP contribution in [0.4, 0.5) is 0 Å². The van der Waals surface area contributed by atoms with Gasteiger partial charge in [0, 0.05) is 16.7 Å². The van der Waals surface area contributed by atoms with Gasteiger partial charge in [0.2, 0.25) is 5.78 Å². The van der Waals surface area contributed by atoms with E-state index in [2.05, 4.69) is 6.92 Å². The Balaban J connectivity index is 1.45. The molecule has 5 rings (SSSR count). The normalized spacial score (nSPS) is 42.9. The summed E-state index contributed by atoms with van der Waals surface area (Å²) in [5.74, 6) is -2.27. The van der Waals surface area contributed by atoms with Gasteiger partial charge in [-0.25, -0.2) is 0 Å². The van der Waals surface area contributed by atoms with Crippen LogP contribution in [0.25, 0.3) is 0 Å². The summed E-state index contributed by atoms with van der Waals surface area (Å²) in [7, 11) is 0. The molecule has 3 saturated carbocycles. The number of allylic oxidation sites excluding steroid dienone is 4. The Morgan fingerprint density at radius 2 is 1.97 bits per heavy atom. The maximum atomic E-state index is 14.0. The molecule has 9 heteroatoms. The fourth-order valence-corrected chi connectivity index (χ4v) is 8.54. The summed E-state index contributed by atoms with van der Waals surface area (Å²) < 4.78 is 18.1. The lowest BCUT2D eigenvalue weighted by atomic mass is 9.46. The summed E-state index contributed by atoms with van der Waals surface area (Å²) >= 11 is 0. The molecule has 38 heavy (non-hydrogen) atoms. The topological polar surface area (TPSA) is 136 Å². The van der Waals surface area contributed by atoms with Gasteiger partial charge in [0.05, 0.1) is 25.0 Å². The molecule has 0 aromatic heterocycles. The van der Waals surface area contributed by atoms with Crippen LogP contribution in [0.1, 0.15) is 72.1 Å². The lowest BCUT2D eigenvalue weighted by molar-refractivity contribution is -0.201. The number of Topliss-reactive ketones (excluding diaryl/α,β-unsaturated/α-hetero) is 1. The number of carbonyl (C=O) groups excluding carboxylic acids is 3. The van der Waals surface area contributed by atoms with Crippen molar-refractivity contribution < 1.29 is 43.6 Å². The number of hydrogen-bond donors (Lipinski definition) is 2. The Labute approximate surface area is 222 Å². The van der Waals surface area contributed by atoms with Crippen LogP contribution in [0, 0.1) is 28.6 Å². The molecule has 0 radical (unpaired) electrons. The number of aliphatic hydroxyl groups excluding tert-OH is 1. The van der Waals surface area contributed by atoms with Gasteiger partial charge in [-0.15, -0.1) is 0 Å². The molecular formula is C29H38O9. The highest BCUT2D eigenvalue weighted by molar-refractivity contribution is 6.01. The van der Waals surface area contributed by atoms with Gasteiger partial charge in [-0.1, -0.05) is 38.8 Å². The molecule has 0 aromatic carbocycles. The SMILES string of the molecule is CCCC1OC2C[C@H]3[C@@H]4CCC5=CC(=O)C=C[C@]5(C)[C@H]4[C@@H](O)C[C@]3(C)[C@]2(C(=O)COC(=O)CCC(=O)O)O1. The number of aliphatic carboxylic acids is 1. The monoisotopic (exact) mass is 530 g/mol. The van der Waals surface area contributed by atoms with Crippen LogP contribution in [-0.2, 0) is 33.4 Å². The van der Waals surface area contributed by atoms with E-state index in [1.54, 1.807) is 12.2 Å². The summed E-state index contributed by atoms with van der Waals surface area (Å²) in [6, 6.07) is 0.